The lowest BCUT2D eigenvalue weighted by Crippen LogP contribution is -2.14. The lowest BCUT2D eigenvalue weighted by molar-refractivity contribution is 0.411. The molecule has 1 aromatic carbocycles. The fourth-order valence-corrected chi connectivity index (χ4v) is 4.56. The number of thiazole rings is 1. The Bertz CT molecular complexity index is 718. The van der Waals surface area contributed by atoms with Gasteiger partial charge in [0.15, 0.2) is 0 Å². The van der Waals surface area contributed by atoms with Crippen molar-refractivity contribution in [2.45, 2.75) is 32.1 Å². The molecule has 1 fully saturated rings. The zero-order valence-electron chi connectivity index (χ0n) is 13.4. The van der Waals surface area contributed by atoms with Crippen LogP contribution in [0.1, 0.15) is 42.7 Å². The number of rotatable bonds is 2. The zero-order valence-corrected chi connectivity index (χ0v) is 14.2. The Kier molecular flexibility index (Phi) is 3.74. The molecule has 1 saturated heterocycles. The first-order valence-corrected chi connectivity index (χ1v) is 9.13. The van der Waals surface area contributed by atoms with Gasteiger partial charge in [0.2, 0.25) is 0 Å². The maximum absolute atomic E-state index is 4.94. The fourth-order valence-electron chi connectivity index (χ4n) is 3.49. The summed E-state index contributed by atoms with van der Waals surface area (Å²) < 4.78 is 1.32. The van der Waals surface area contributed by atoms with E-state index in [1.54, 1.807) is 0 Å². The number of benzene rings is 1. The van der Waals surface area contributed by atoms with Gasteiger partial charge in [-0.15, -0.1) is 11.3 Å². The minimum absolute atomic E-state index is 0.624. The number of fused-ring (bicyclic) bond motifs is 1. The van der Waals surface area contributed by atoms with Crippen LogP contribution in [0.15, 0.2) is 23.2 Å². The molecule has 0 amide bonds. The Morgan fingerprint density at radius 3 is 2.91 bits per heavy atom. The summed E-state index contributed by atoms with van der Waals surface area (Å²) in [5, 5.41) is 1.32. The van der Waals surface area contributed by atoms with Gasteiger partial charge in [0.05, 0.1) is 15.2 Å². The summed E-state index contributed by atoms with van der Waals surface area (Å²) in [5.74, 6) is 1.36. The van der Waals surface area contributed by atoms with Gasteiger partial charge in [0, 0.05) is 24.7 Å². The maximum atomic E-state index is 4.94. The normalized spacial score (nSPS) is 26.5. The molecule has 0 N–H and O–H groups in total. The number of aliphatic imine (C=N–C) groups is 1. The summed E-state index contributed by atoms with van der Waals surface area (Å²) >= 11 is 1.87. The molecule has 3 nitrogen and oxygen atoms in total. The van der Waals surface area contributed by atoms with Crippen LogP contribution in [0, 0.1) is 5.92 Å². The van der Waals surface area contributed by atoms with Crippen molar-refractivity contribution in [3.05, 3.63) is 28.8 Å². The highest BCUT2D eigenvalue weighted by Crippen LogP contribution is 2.33. The van der Waals surface area contributed by atoms with Crippen LogP contribution in [0.25, 0.3) is 10.2 Å². The highest BCUT2D eigenvalue weighted by Gasteiger charge is 2.24. The lowest BCUT2D eigenvalue weighted by Gasteiger charge is -2.17. The van der Waals surface area contributed by atoms with E-state index < -0.39 is 0 Å². The van der Waals surface area contributed by atoms with Gasteiger partial charge in [0.1, 0.15) is 0 Å². The van der Waals surface area contributed by atoms with Crippen LogP contribution in [-0.4, -0.2) is 42.3 Å². The van der Waals surface area contributed by atoms with Gasteiger partial charge < -0.3 is 4.90 Å². The minimum Gasteiger partial charge on any atom is -0.306 e. The van der Waals surface area contributed by atoms with E-state index in [1.807, 2.05) is 11.3 Å². The molecule has 1 aromatic heterocycles. The second-order valence-corrected chi connectivity index (χ2v) is 7.98. The second-order valence-electron chi connectivity index (χ2n) is 6.91. The standard InChI is InChI=1S/C18H23N3S/c1-12-3-5-15(19-10-12)13-4-6-17-16(9-13)20-18(22-17)14-7-8-21(2)11-14/h4,6,9,12,14H,3,5,7-8,10-11H2,1-2H3/t12-,14?/m0/s1. The molecule has 2 aliphatic rings. The summed E-state index contributed by atoms with van der Waals surface area (Å²) in [7, 11) is 2.20. The number of nitrogens with zero attached hydrogens (tertiary/aromatic N) is 3. The van der Waals surface area contributed by atoms with Gasteiger partial charge in [-0.25, -0.2) is 4.98 Å². The highest BCUT2D eigenvalue weighted by atomic mass is 32.1. The molecule has 2 aliphatic heterocycles. The Morgan fingerprint density at radius 2 is 2.18 bits per heavy atom. The van der Waals surface area contributed by atoms with Crippen LogP contribution < -0.4 is 0 Å². The van der Waals surface area contributed by atoms with E-state index in [1.165, 1.54) is 40.4 Å². The first kappa shape index (κ1) is 14.3. The molecule has 2 aromatic rings. The Labute approximate surface area is 136 Å². The second kappa shape index (κ2) is 5.74. The fraction of sp³-hybridized carbons (Fsp3) is 0.556. The van der Waals surface area contributed by atoms with Crippen molar-refractivity contribution in [3.63, 3.8) is 0 Å². The predicted octanol–water partition coefficient (Wildman–Crippen LogP) is 3.93. The Balaban J connectivity index is 1.64. The summed E-state index contributed by atoms with van der Waals surface area (Å²) in [6.07, 6.45) is 3.61. The summed E-state index contributed by atoms with van der Waals surface area (Å²) in [5.41, 5.74) is 3.71. The summed E-state index contributed by atoms with van der Waals surface area (Å²) in [6.45, 7) is 5.61. The molecule has 0 aliphatic carbocycles. The van der Waals surface area contributed by atoms with Crippen molar-refractivity contribution in [2.24, 2.45) is 10.9 Å². The van der Waals surface area contributed by atoms with Crippen molar-refractivity contribution in [3.8, 4) is 0 Å². The van der Waals surface area contributed by atoms with E-state index >= 15 is 0 Å². The van der Waals surface area contributed by atoms with Gasteiger partial charge in [-0.3, -0.25) is 4.99 Å². The van der Waals surface area contributed by atoms with Crippen LogP contribution in [0.2, 0.25) is 0 Å². The number of hydrogen-bond acceptors (Lipinski definition) is 4. The van der Waals surface area contributed by atoms with Gasteiger partial charge in [0.25, 0.3) is 0 Å². The van der Waals surface area contributed by atoms with Crippen LogP contribution in [0.5, 0.6) is 0 Å². The van der Waals surface area contributed by atoms with Gasteiger partial charge >= 0.3 is 0 Å². The summed E-state index contributed by atoms with van der Waals surface area (Å²) in [4.78, 5) is 12.1. The lowest BCUT2D eigenvalue weighted by atomic mass is 9.96. The van der Waals surface area contributed by atoms with Crippen LogP contribution in [0.4, 0.5) is 0 Å². The molecule has 0 radical (unpaired) electrons. The van der Waals surface area contributed by atoms with Crippen molar-refractivity contribution in [1.82, 2.24) is 9.88 Å². The van der Waals surface area contributed by atoms with Gasteiger partial charge in [-0.2, -0.15) is 0 Å². The minimum atomic E-state index is 0.624. The molecule has 0 spiro atoms. The highest BCUT2D eigenvalue weighted by molar-refractivity contribution is 7.18. The van der Waals surface area contributed by atoms with Crippen LogP contribution >= 0.6 is 11.3 Å². The number of likely N-dealkylation sites (N-methyl/N-ethyl adjacent to an activating group) is 1. The van der Waals surface area contributed by atoms with Gasteiger partial charge in [-0.1, -0.05) is 13.0 Å². The van der Waals surface area contributed by atoms with Crippen molar-refractivity contribution in [1.29, 1.82) is 0 Å². The molecule has 1 unspecified atom stereocenters. The van der Waals surface area contributed by atoms with E-state index in [2.05, 4.69) is 37.1 Å². The monoisotopic (exact) mass is 313 g/mol. The molecular weight excluding hydrogens is 290 g/mol. The number of likely N-dealkylation sites (tertiary alicyclic amines) is 1. The molecule has 3 heterocycles. The average molecular weight is 313 g/mol. The van der Waals surface area contributed by atoms with E-state index in [9.17, 15) is 0 Å². The third kappa shape index (κ3) is 2.70. The zero-order chi connectivity index (χ0) is 15.1. The molecule has 4 heteroatoms. The molecule has 4 rings (SSSR count). The van der Waals surface area contributed by atoms with E-state index in [-0.39, 0.29) is 0 Å². The smallest absolute Gasteiger partial charge is 0.0982 e. The third-order valence-electron chi connectivity index (χ3n) is 4.95. The SMILES string of the molecule is C[C@H]1CCC(c2ccc3sc(C4CCN(C)C4)nc3c2)=NC1. The van der Waals surface area contributed by atoms with E-state index in [0.29, 0.717) is 5.92 Å². The van der Waals surface area contributed by atoms with E-state index in [4.69, 9.17) is 9.98 Å². The van der Waals surface area contributed by atoms with Crippen molar-refractivity contribution >= 4 is 27.3 Å². The number of hydrogen-bond donors (Lipinski definition) is 0. The number of aromatic nitrogens is 1. The van der Waals surface area contributed by atoms with Crippen LogP contribution in [0.3, 0.4) is 0 Å². The third-order valence-corrected chi connectivity index (χ3v) is 6.14. The van der Waals surface area contributed by atoms with Gasteiger partial charge in [-0.05, 0) is 56.5 Å². The quantitative estimate of drug-likeness (QED) is 0.840. The van der Waals surface area contributed by atoms with Crippen LogP contribution in [-0.2, 0) is 0 Å². The first-order chi connectivity index (χ1) is 10.7. The molecular formula is C18H23N3S. The Morgan fingerprint density at radius 1 is 1.27 bits per heavy atom. The first-order valence-electron chi connectivity index (χ1n) is 8.32. The summed E-state index contributed by atoms with van der Waals surface area (Å²) in [6, 6.07) is 6.73. The molecule has 22 heavy (non-hydrogen) atoms. The topological polar surface area (TPSA) is 28.5 Å². The molecule has 0 saturated carbocycles. The molecule has 116 valence electrons. The maximum Gasteiger partial charge on any atom is 0.0982 e. The average Bonchev–Trinajstić information content (AvgIpc) is 3.13. The largest absolute Gasteiger partial charge is 0.306 e. The molecule has 2 atom stereocenters. The predicted molar refractivity (Wildman–Crippen MR) is 94.3 cm³/mol. The van der Waals surface area contributed by atoms with Crippen molar-refractivity contribution in [2.75, 3.05) is 26.7 Å². The Hall–Kier alpha value is -1.26. The van der Waals surface area contributed by atoms with E-state index in [0.717, 1.165) is 30.9 Å². The molecule has 0 bridgehead atoms. The van der Waals surface area contributed by atoms with Crippen molar-refractivity contribution < 1.29 is 0 Å².